The minimum Gasteiger partial charge on any atom is -0.496 e. The third kappa shape index (κ3) is 2.88. The van der Waals surface area contributed by atoms with Gasteiger partial charge in [-0.2, -0.15) is 0 Å². The average Bonchev–Trinajstić information content (AvgIpc) is 2.42. The second kappa shape index (κ2) is 5.88. The van der Waals surface area contributed by atoms with E-state index in [-0.39, 0.29) is 5.75 Å². The van der Waals surface area contributed by atoms with E-state index in [9.17, 15) is 13.9 Å². The number of benzene rings is 2. The highest BCUT2D eigenvalue weighted by atomic mass is 19.2. The molecule has 2 aromatic carbocycles. The maximum atomic E-state index is 13.2. The number of aliphatic hydroxyl groups is 1. The third-order valence-electron chi connectivity index (χ3n) is 2.78. The SMILES string of the molecule is COc1cccc(Oc2ccc(F)c(F)c2)c1[C@H](C)O. The van der Waals surface area contributed by atoms with E-state index in [1.54, 1.807) is 25.1 Å². The van der Waals surface area contributed by atoms with Crippen molar-refractivity contribution in [2.24, 2.45) is 0 Å². The van der Waals surface area contributed by atoms with E-state index in [1.165, 1.54) is 13.2 Å². The Bertz CT molecular complexity index is 612. The Morgan fingerprint density at radius 2 is 1.75 bits per heavy atom. The van der Waals surface area contributed by atoms with Crippen molar-refractivity contribution >= 4 is 0 Å². The number of aliphatic hydroxyl groups excluding tert-OH is 1. The topological polar surface area (TPSA) is 38.7 Å². The van der Waals surface area contributed by atoms with Crippen molar-refractivity contribution in [3.05, 3.63) is 53.6 Å². The molecule has 1 N–H and O–H groups in total. The fourth-order valence-electron chi connectivity index (χ4n) is 1.87. The van der Waals surface area contributed by atoms with Gasteiger partial charge in [-0.05, 0) is 31.2 Å². The summed E-state index contributed by atoms with van der Waals surface area (Å²) in [5.74, 6) is -1.02. The summed E-state index contributed by atoms with van der Waals surface area (Å²) in [6.45, 7) is 1.57. The summed E-state index contributed by atoms with van der Waals surface area (Å²) in [4.78, 5) is 0. The van der Waals surface area contributed by atoms with Gasteiger partial charge in [0, 0.05) is 6.07 Å². The maximum absolute atomic E-state index is 13.2. The molecular formula is C15H14F2O3. The summed E-state index contributed by atoms with van der Waals surface area (Å²) >= 11 is 0. The number of rotatable bonds is 4. The van der Waals surface area contributed by atoms with E-state index in [1.807, 2.05) is 0 Å². The molecular weight excluding hydrogens is 266 g/mol. The van der Waals surface area contributed by atoms with Crippen molar-refractivity contribution in [2.75, 3.05) is 7.11 Å². The fourth-order valence-corrected chi connectivity index (χ4v) is 1.87. The molecule has 0 fully saturated rings. The second-order valence-corrected chi connectivity index (χ2v) is 4.23. The highest BCUT2D eigenvalue weighted by Crippen LogP contribution is 2.36. The third-order valence-corrected chi connectivity index (χ3v) is 2.78. The molecule has 1 atom stereocenters. The van der Waals surface area contributed by atoms with Crippen molar-refractivity contribution in [3.63, 3.8) is 0 Å². The van der Waals surface area contributed by atoms with Gasteiger partial charge in [0.15, 0.2) is 11.6 Å². The van der Waals surface area contributed by atoms with Crippen LogP contribution in [-0.4, -0.2) is 12.2 Å². The van der Waals surface area contributed by atoms with Crippen molar-refractivity contribution in [1.82, 2.24) is 0 Å². The molecule has 20 heavy (non-hydrogen) atoms. The predicted octanol–water partition coefficient (Wildman–Crippen LogP) is 3.82. The lowest BCUT2D eigenvalue weighted by Crippen LogP contribution is -2.00. The molecule has 0 aliphatic carbocycles. The first-order chi connectivity index (χ1) is 9.52. The normalized spacial score (nSPS) is 12.1. The molecule has 3 nitrogen and oxygen atoms in total. The highest BCUT2D eigenvalue weighted by Gasteiger charge is 2.16. The molecule has 0 aliphatic rings. The van der Waals surface area contributed by atoms with Crippen molar-refractivity contribution in [2.45, 2.75) is 13.0 Å². The fraction of sp³-hybridized carbons (Fsp3) is 0.200. The molecule has 0 unspecified atom stereocenters. The van der Waals surface area contributed by atoms with Crippen LogP contribution in [0.2, 0.25) is 0 Å². The summed E-state index contributed by atoms with van der Waals surface area (Å²) in [5.41, 5.74) is 0.444. The Hall–Kier alpha value is -2.14. The second-order valence-electron chi connectivity index (χ2n) is 4.23. The number of ether oxygens (including phenoxy) is 2. The monoisotopic (exact) mass is 280 g/mol. The van der Waals surface area contributed by atoms with Crippen LogP contribution in [0.3, 0.4) is 0 Å². The molecule has 2 rings (SSSR count). The van der Waals surface area contributed by atoms with Crippen LogP contribution in [0, 0.1) is 11.6 Å². The van der Waals surface area contributed by atoms with Gasteiger partial charge in [0.05, 0.1) is 18.8 Å². The molecule has 106 valence electrons. The summed E-state index contributed by atoms with van der Waals surface area (Å²) < 4.78 is 36.7. The highest BCUT2D eigenvalue weighted by molar-refractivity contribution is 5.48. The van der Waals surface area contributed by atoms with Crippen LogP contribution < -0.4 is 9.47 Å². The zero-order chi connectivity index (χ0) is 14.7. The van der Waals surface area contributed by atoms with Gasteiger partial charge in [0.1, 0.15) is 17.2 Å². The molecule has 0 spiro atoms. The largest absolute Gasteiger partial charge is 0.496 e. The van der Waals surface area contributed by atoms with E-state index in [4.69, 9.17) is 9.47 Å². The first-order valence-corrected chi connectivity index (χ1v) is 6.00. The quantitative estimate of drug-likeness (QED) is 0.925. The first-order valence-electron chi connectivity index (χ1n) is 6.00. The molecule has 0 bridgehead atoms. The van der Waals surface area contributed by atoms with Gasteiger partial charge in [-0.1, -0.05) is 6.07 Å². The number of halogens is 2. The summed E-state index contributed by atoms with van der Waals surface area (Å²) in [5, 5.41) is 9.80. The number of hydrogen-bond acceptors (Lipinski definition) is 3. The zero-order valence-electron chi connectivity index (χ0n) is 11.1. The minimum absolute atomic E-state index is 0.138. The zero-order valence-corrected chi connectivity index (χ0v) is 11.1. The molecule has 5 heteroatoms. The molecule has 0 aliphatic heterocycles. The van der Waals surface area contributed by atoms with E-state index in [0.29, 0.717) is 17.1 Å². The van der Waals surface area contributed by atoms with Gasteiger partial charge in [-0.3, -0.25) is 0 Å². The standard InChI is InChI=1S/C15H14F2O3/c1-9(18)15-13(19-2)4-3-5-14(15)20-10-6-7-11(16)12(17)8-10/h3-9,18H,1-2H3/t9-/m0/s1. The van der Waals surface area contributed by atoms with Crippen molar-refractivity contribution < 1.29 is 23.4 Å². The predicted molar refractivity (Wildman–Crippen MR) is 70.1 cm³/mol. The molecule has 0 saturated carbocycles. The molecule has 0 heterocycles. The van der Waals surface area contributed by atoms with Crippen molar-refractivity contribution in [3.8, 4) is 17.2 Å². The Labute approximate surface area is 115 Å². The first kappa shape index (κ1) is 14.3. The van der Waals surface area contributed by atoms with Crippen LogP contribution in [0.25, 0.3) is 0 Å². The smallest absolute Gasteiger partial charge is 0.162 e. The van der Waals surface area contributed by atoms with Gasteiger partial charge in [-0.15, -0.1) is 0 Å². The van der Waals surface area contributed by atoms with Gasteiger partial charge < -0.3 is 14.6 Å². The number of hydrogen-bond donors (Lipinski definition) is 1. The Morgan fingerprint density at radius 3 is 2.35 bits per heavy atom. The lowest BCUT2D eigenvalue weighted by Gasteiger charge is -2.16. The molecule has 0 amide bonds. The van der Waals surface area contributed by atoms with E-state index >= 15 is 0 Å². The maximum Gasteiger partial charge on any atom is 0.162 e. The average molecular weight is 280 g/mol. The molecule has 0 saturated heterocycles. The van der Waals surface area contributed by atoms with Gasteiger partial charge in [-0.25, -0.2) is 8.78 Å². The summed E-state index contributed by atoms with van der Waals surface area (Å²) in [6.07, 6.45) is -0.827. The van der Waals surface area contributed by atoms with E-state index in [0.717, 1.165) is 12.1 Å². The van der Waals surface area contributed by atoms with Gasteiger partial charge in [0.25, 0.3) is 0 Å². The Kier molecular flexibility index (Phi) is 4.20. The summed E-state index contributed by atoms with van der Waals surface area (Å²) in [7, 11) is 1.47. The van der Waals surface area contributed by atoms with E-state index < -0.39 is 17.7 Å². The number of methoxy groups -OCH3 is 1. The Balaban J connectivity index is 2.40. The lowest BCUT2D eigenvalue weighted by molar-refractivity contribution is 0.190. The Morgan fingerprint density at radius 1 is 1.05 bits per heavy atom. The van der Waals surface area contributed by atoms with Crippen LogP contribution in [0.1, 0.15) is 18.6 Å². The van der Waals surface area contributed by atoms with Crippen LogP contribution in [-0.2, 0) is 0 Å². The van der Waals surface area contributed by atoms with Gasteiger partial charge in [0.2, 0.25) is 0 Å². The van der Waals surface area contributed by atoms with Crippen LogP contribution >= 0.6 is 0 Å². The van der Waals surface area contributed by atoms with Crippen LogP contribution in [0.4, 0.5) is 8.78 Å². The molecule has 0 radical (unpaired) electrons. The summed E-state index contributed by atoms with van der Waals surface area (Å²) in [6, 6.07) is 8.21. The van der Waals surface area contributed by atoms with E-state index in [2.05, 4.69) is 0 Å². The minimum atomic E-state index is -0.996. The van der Waals surface area contributed by atoms with Gasteiger partial charge >= 0.3 is 0 Å². The van der Waals surface area contributed by atoms with Crippen LogP contribution in [0.15, 0.2) is 36.4 Å². The lowest BCUT2D eigenvalue weighted by atomic mass is 10.1. The van der Waals surface area contributed by atoms with Crippen LogP contribution in [0.5, 0.6) is 17.2 Å². The molecule has 2 aromatic rings. The molecule has 0 aromatic heterocycles. The van der Waals surface area contributed by atoms with Crippen molar-refractivity contribution in [1.29, 1.82) is 0 Å².